The lowest BCUT2D eigenvalue weighted by Gasteiger charge is -2.14. The van der Waals surface area contributed by atoms with Gasteiger partial charge >= 0.3 is 0 Å². The Hall–Kier alpha value is -1.53. The number of nitrogens with two attached hydrogens (primary N) is 1. The number of hydrogen-bond acceptors (Lipinski definition) is 3. The van der Waals surface area contributed by atoms with Gasteiger partial charge in [-0.05, 0) is 61.7 Å². The standard InChI is InChI=1S/C14H11Br2N3O/c15-8-2-1-3-9(16)14(8)19-12-6-11-7(4-10(12)17)5-13(20)18-11/h1-4,6,19H,5,17H2,(H,18,20). The van der Waals surface area contributed by atoms with Gasteiger partial charge in [0, 0.05) is 14.6 Å². The van der Waals surface area contributed by atoms with Crippen LogP contribution in [0.1, 0.15) is 5.56 Å². The number of hydrogen-bond donors (Lipinski definition) is 3. The molecule has 20 heavy (non-hydrogen) atoms. The Balaban J connectivity index is 2.00. The van der Waals surface area contributed by atoms with Crippen LogP contribution in [-0.4, -0.2) is 5.91 Å². The number of para-hydroxylation sites is 1. The third-order valence-electron chi connectivity index (χ3n) is 3.12. The maximum atomic E-state index is 11.4. The Labute approximate surface area is 133 Å². The number of benzene rings is 2. The molecule has 0 aromatic heterocycles. The van der Waals surface area contributed by atoms with Gasteiger partial charge in [0.1, 0.15) is 0 Å². The van der Waals surface area contributed by atoms with Gasteiger partial charge in [0.25, 0.3) is 0 Å². The molecular weight excluding hydrogens is 386 g/mol. The van der Waals surface area contributed by atoms with Crippen LogP contribution < -0.4 is 16.4 Å². The lowest BCUT2D eigenvalue weighted by atomic mass is 10.1. The van der Waals surface area contributed by atoms with E-state index in [0.29, 0.717) is 12.1 Å². The Morgan fingerprint density at radius 1 is 1.20 bits per heavy atom. The molecule has 1 heterocycles. The molecule has 4 N–H and O–H groups in total. The third kappa shape index (κ3) is 2.41. The fraction of sp³-hybridized carbons (Fsp3) is 0.0714. The van der Waals surface area contributed by atoms with Gasteiger partial charge < -0.3 is 16.4 Å². The largest absolute Gasteiger partial charge is 0.397 e. The normalized spacial score (nSPS) is 13.0. The van der Waals surface area contributed by atoms with Crippen molar-refractivity contribution in [1.29, 1.82) is 0 Å². The van der Waals surface area contributed by atoms with Crippen LogP contribution in [0.15, 0.2) is 39.3 Å². The van der Waals surface area contributed by atoms with Crippen LogP contribution in [0.3, 0.4) is 0 Å². The van der Waals surface area contributed by atoms with E-state index in [-0.39, 0.29) is 5.91 Å². The molecule has 1 aliphatic rings. The summed E-state index contributed by atoms with van der Waals surface area (Å²) in [6.45, 7) is 0. The number of halogens is 2. The SMILES string of the molecule is Nc1cc2c(cc1Nc1c(Br)cccc1Br)NC(=O)C2. The molecular formula is C14H11Br2N3O. The molecule has 0 unspecified atom stereocenters. The van der Waals surface area contributed by atoms with Gasteiger partial charge in [-0.1, -0.05) is 6.07 Å². The average Bonchev–Trinajstić information content (AvgIpc) is 2.73. The summed E-state index contributed by atoms with van der Waals surface area (Å²) in [5.41, 5.74) is 10.1. The molecule has 102 valence electrons. The van der Waals surface area contributed by atoms with Crippen molar-refractivity contribution in [1.82, 2.24) is 0 Å². The summed E-state index contributed by atoms with van der Waals surface area (Å²) < 4.78 is 1.85. The number of carbonyl (C=O) groups is 1. The second-order valence-corrected chi connectivity index (χ2v) is 6.25. The minimum Gasteiger partial charge on any atom is -0.397 e. The second-order valence-electron chi connectivity index (χ2n) is 4.54. The molecule has 0 bridgehead atoms. The summed E-state index contributed by atoms with van der Waals surface area (Å²) in [5.74, 6) is -0.00128. The van der Waals surface area contributed by atoms with Gasteiger partial charge in [-0.25, -0.2) is 0 Å². The lowest BCUT2D eigenvalue weighted by Crippen LogP contribution is -2.03. The Morgan fingerprint density at radius 2 is 1.90 bits per heavy atom. The minimum atomic E-state index is -0.00128. The molecule has 0 fully saturated rings. The van der Waals surface area contributed by atoms with E-state index in [1.165, 1.54) is 0 Å². The zero-order valence-electron chi connectivity index (χ0n) is 10.3. The molecule has 0 atom stereocenters. The molecule has 1 amide bonds. The van der Waals surface area contributed by atoms with Gasteiger partial charge in [0.05, 0.1) is 23.5 Å². The Bertz CT molecular complexity index is 696. The van der Waals surface area contributed by atoms with Crippen LogP contribution in [0.25, 0.3) is 0 Å². The summed E-state index contributed by atoms with van der Waals surface area (Å²) in [7, 11) is 0. The highest BCUT2D eigenvalue weighted by atomic mass is 79.9. The van der Waals surface area contributed by atoms with Crippen molar-refractivity contribution in [3.63, 3.8) is 0 Å². The summed E-state index contributed by atoms with van der Waals surface area (Å²) in [6, 6.07) is 9.52. The first-order chi connectivity index (χ1) is 9.54. The molecule has 1 aliphatic heterocycles. The number of carbonyl (C=O) groups excluding carboxylic acids is 1. The van der Waals surface area contributed by atoms with Crippen molar-refractivity contribution in [2.24, 2.45) is 0 Å². The van der Waals surface area contributed by atoms with Crippen LogP contribution in [0.2, 0.25) is 0 Å². The molecule has 3 rings (SSSR count). The maximum absolute atomic E-state index is 11.4. The highest BCUT2D eigenvalue weighted by Crippen LogP contribution is 2.37. The van der Waals surface area contributed by atoms with Crippen molar-refractivity contribution in [2.45, 2.75) is 6.42 Å². The van der Waals surface area contributed by atoms with E-state index in [9.17, 15) is 4.79 Å². The number of nitrogen functional groups attached to an aromatic ring is 1. The smallest absolute Gasteiger partial charge is 0.228 e. The van der Waals surface area contributed by atoms with E-state index in [1.807, 2.05) is 30.3 Å². The van der Waals surface area contributed by atoms with E-state index in [2.05, 4.69) is 42.5 Å². The van der Waals surface area contributed by atoms with E-state index < -0.39 is 0 Å². The molecule has 2 aromatic carbocycles. The van der Waals surface area contributed by atoms with Gasteiger partial charge in [-0.2, -0.15) is 0 Å². The van der Waals surface area contributed by atoms with E-state index >= 15 is 0 Å². The van der Waals surface area contributed by atoms with Crippen molar-refractivity contribution in [3.8, 4) is 0 Å². The number of amides is 1. The van der Waals surface area contributed by atoms with Crippen LogP contribution in [0.4, 0.5) is 22.7 Å². The predicted octanol–water partition coefficient (Wildman–Crippen LogP) is 4.03. The van der Waals surface area contributed by atoms with E-state index in [4.69, 9.17) is 5.73 Å². The van der Waals surface area contributed by atoms with Crippen LogP contribution >= 0.6 is 31.9 Å². The van der Waals surface area contributed by atoms with Gasteiger partial charge in [-0.3, -0.25) is 4.79 Å². The molecule has 4 nitrogen and oxygen atoms in total. The second kappa shape index (κ2) is 5.10. The van der Waals surface area contributed by atoms with E-state index in [1.54, 1.807) is 0 Å². The first kappa shape index (κ1) is 13.5. The highest BCUT2D eigenvalue weighted by molar-refractivity contribution is 9.11. The molecule has 0 aliphatic carbocycles. The maximum Gasteiger partial charge on any atom is 0.228 e. The predicted molar refractivity (Wildman–Crippen MR) is 88.3 cm³/mol. The number of anilines is 4. The number of fused-ring (bicyclic) bond motifs is 1. The molecule has 0 saturated carbocycles. The topological polar surface area (TPSA) is 67.2 Å². The highest BCUT2D eigenvalue weighted by Gasteiger charge is 2.19. The zero-order valence-corrected chi connectivity index (χ0v) is 13.5. The van der Waals surface area contributed by atoms with Crippen LogP contribution in [0, 0.1) is 0 Å². The van der Waals surface area contributed by atoms with Gasteiger partial charge in [0.2, 0.25) is 5.91 Å². The average molecular weight is 397 g/mol. The van der Waals surface area contributed by atoms with Gasteiger partial charge in [0.15, 0.2) is 0 Å². The summed E-state index contributed by atoms with van der Waals surface area (Å²) >= 11 is 7.00. The fourth-order valence-electron chi connectivity index (χ4n) is 2.15. The first-order valence-corrected chi connectivity index (χ1v) is 7.56. The summed E-state index contributed by atoms with van der Waals surface area (Å²) in [5, 5.41) is 6.11. The summed E-state index contributed by atoms with van der Waals surface area (Å²) in [4.78, 5) is 11.4. The number of nitrogens with one attached hydrogen (secondary N) is 2. The molecule has 0 spiro atoms. The van der Waals surface area contributed by atoms with E-state index in [0.717, 1.165) is 31.6 Å². The van der Waals surface area contributed by atoms with Crippen molar-refractivity contribution in [3.05, 3.63) is 44.8 Å². The van der Waals surface area contributed by atoms with Crippen molar-refractivity contribution in [2.75, 3.05) is 16.4 Å². The lowest BCUT2D eigenvalue weighted by molar-refractivity contribution is -0.115. The Morgan fingerprint density at radius 3 is 2.60 bits per heavy atom. The fourth-order valence-corrected chi connectivity index (χ4v) is 3.35. The molecule has 0 saturated heterocycles. The molecule has 0 radical (unpaired) electrons. The molecule has 2 aromatic rings. The quantitative estimate of drug-likeness (QED) is 0.671. The minimum absolute atomic E-state index is 0.00128. The Kier molecular flexibility index (Phi) is 3.43. The van der Waals surface area contributed by atoms with Gasteiger partial charge in [-0.15, -0.1) is 0 Å². The monoisotopic (exact) mass is 395 g/mol. The third-order valence-corrected chi connectivity index (χ3v) is 4.44. The van der Waals surface area contributed by atoms with Crippen molar-refractivity contribution < 1.29 is 4.79 Å². The van der Waals surface area contributed by atoms with Crippen LogP contribution in [-0.2, 0) is 11.2 Å². The zero-order chi connectivity index (χ0) is 14.3. The van der Waals surface area contributed by atoms with Crippen LogP contribution in [0.5, 0.6) is 0 Å². The van der Waals surface area contributed by atoms with Crippen molar-refractivity contribution >= 4 is 60.5 Å². The summed E-state index contributed by atoms with van der Waals surface area (Å²) in [6.07, 6.45) is 0.387. The first-order valence-electron chi connectivity index (χ1n) is 5.98. The number of rotatable bonds is 2. The molecule has 6 heteroatoms.